The Kier molecular flexibility index (Phi) is 3.46. The Hall–Kier alpha value is -2.13. The molecule has 0 N–H and O–H groups in total. The van der Waals surface area contributed by atoms with Crippen LogP contribution in [0.5, 0.6) is 0 Å². The number of nitrogens with zero attached hydrogens (tertiary/aromatic N) is 7. The van der Waals surface area contributed by atoms with Gasteiger partial charge in [0.15, 0.2) is 5.82 Å². The van der Waals surface area contributed by atoms with Gasteiger partial charge in [0.25, 0.3) is 0 Å². The van der Waals surface area contributed by atoms with Crippen LogP contribution in [0.25, 0.3) is 16.3 Å². The Bertz CT molecular complexity index is 952. The van der Waals surface area contributed by atoms with Crippen molar-refractivity contribution in [1.29, 1.82) is 0 Å². The molecule has 0 spiro atoms. The van der Waals surface area contributed by atoms with E-state index in [4.69, 9.17) is 0 Å². The summed E-state index contributed by atoms with van der Waals surface area (Å²) in [6.45, 7) is 4.03. The van der Waals surface area contributed by atoms with Crippen molar-refractivity contribution in [3.05, 3.63) is 45.9 Å². The van der Waals surface area contributed by atoms with Crippen molar-refractivity contribution in [2.75, 3.05) is 0 Å². The van der Waals surface area contributed by atoms with Gasteiger partial charge in [-0.2, -0.15) is 14.7 Å². The lowest BCUT2D eigenvalue weighted by Gasteiger charge is -2.07. The van der Waals surface area contributed by atoms with Crippen molar-refractivity contribution in [3.8, 4) is 11.4 Å². The van der Waals surface area contributed by atoms with E-state index in [1.165, 1.54) is 11.3 Å². The number of pyridine rings is 1. The molecule has 0 saturated carbocycles. The monoisotopic (exact) mass is 389 g/mol. The maximum absolute atomic E-state index is 4.68. The second-order valence-electron chi connectivity index (χ2n) is 5.11. The van der Waals surface area contributed by atoms with E-state index in [0.717, 1.165) is 31.5 Å². The fourth-order valence-electron chi connectivity index (χ4n) is 2.25. The SMILES string of the molecule is Cc1nn(C(C)c2nn3c(-c4ccncc4)nnc3s2)cc1Br. The van der Waals surface area contributed by atoms with Gasteiger partial charge in [-0.3, -0.25) is 9.67 Å². The molecule has 0 aliphatic heterocycles. The summed E-state index contributed by atoms with van der Waals surface area (Å²) in [6.07, 6.45) is 5.43. The van der Waals surface area contributed by atoms with E-state index >= 15 is 0 Å². The Morgan fingerprint density at radius 2 is 1.96 bits per heavy atom. The highest BCUT2D eigenvalue weighted by molar-refractivity contribution is 9.10. The Morgan fingerprint density at radius 3 is 2.65 bits per heavy atom. The van der Waals surface area contributed by atoms with Gasteiger partial charge in [-0.25, -0.2) is 0 Å². The highest BCUT2D eigenvalue weighted by Crippen LogP contribution is 2.27. The minimum absolute atomic E-state index is 0.0250. The molecule has 0 saturated heterocycles. The molecule has 0 aliphatic carbocycles. The number of fused-ring (bicyclic) bond motifs is 1. The third kappa shape index (κ3) is 2.45. The molecule has 1 atom stereocenters. The molecule has 4 rings (SSSR count). The van der Waals surface area contributed by atoms with Gasteiger partial charge in [0, 0.05) is 24.2 Å². The van der Waals surface area contributed by atoms with Gasteiger partial charge < -0.3 is 0 Å². The lowest BCUT2D eigenvalue weighted by Crippen LogP contribution is -2.08. The van der Waals surface area contributed by atoms with Crippen molar-refractivity contribution in [2.24, 2.45) is 0 Å². The molecule has 0 radical (unpaired) electrons. The third-order valence-corrected chi connectivity index (χ3v) is 5.40. The lowest BCUT2D eigenvalue weighted by atomic mass is 10.2. The molecule has 0 bridgehead atoms. The van der Waals surface area contributed by atoms with Gasteiger partial charge in [-0.1, -0.05) is 11.3 Å². The van der Waals surface area contributed by atoms with Crippen LogP contribution in [0.3, 0.4) is 0 Å². The van der Waals surface area contributed by atoms with Gasteiger partial charge in [0.1, 0.15) is 11.0 Å². The summed E-state index contributed by atoms with van der Waals surface area (Å²) in [5, 5.41) is 18.6. The second kappa shape index (κ2) is 5.50. The smallest absolute Gasteiger partial charge is 0.235 e. The minimum Gasteiger partial charge on any atom is -0.265 e. The average molecular weight is 390 g/mol. The molecule has 9 heteroatoms. The van der Waals surface area contributed by atoms with Crippen LogP contribution in [0.15, 0.2) is 35.2 Å². The van der Waals surface area contributed by atoms with E-state index < -0.39 is 0 Å². The fraction of sp³-hybridized carbons (Fsp3) is 0.214. The number of aryl methyl sites for hydroxylation is 1. The third-order valence-electron chi connectivity index (χ3n) is 3.56. The molecule has 4 aromatic heterocycles. The Balaban J connectivity index is 1.76. The van der Waals surface area contributed by atoms with Crippen LogP contribution in [-0.2, 0) is 0 Å². The molecule has 0 fully saturated rings. The first kappa shape index (κ1) is 14.5. The summed E-state index contributed by atoms with van der Waals surface area (Å²) in [7, 11) is 0. The summed E-state index contributed by atoms with van der Waals surface area (Å²) < 4.78 is 4.67. The molecular formula is C14H12BrN7S. The van der Waals surface area contributed by atoms with Crippen LogP contribution < -0.4 is 0 Å². The van der Waals surface area contributed by atoms with E-state index in [1.54, 1.807) is 16.9 Å². The quantitative estimate of drug-likeness (QED) is 0.538. The van der Waals surface area contributed by atoms with Crippen LogP contribution in [0, 0.1) is 6.92 Å². The van der Waals surface area contributed by atoms with Gasteiger partial charge in [-0.05, 0) is 41.9 Å². The molecule has 4 aromatic rings. The van der Waals surface area contributed by atoms with E-state index in [0.29, 0.717) is 0 Å². The van der Waals surface area contributed by atoms with Crippen LogP contribution in [0.2, 0.25) is 0 Å². The summed E-state index contributed by atoms with van der Waals surface area (Å²) in [5.74, 6) is 0.718. The zero-order valence-electron chi connectivity index (χ0n) is 12.4. The number of hydrogen-bond donors (Lipinski definition) is 0. The minimum atomic E-state index is 0.0250. The number of aromatic nitrogens is 7. The molecule has 0 aromatic carbocycles. The maximum Gasteiger partial charge on any atom is 0.235 e. The fourth-order valence-corrected chi connectivity index (χ4v) is 3.43. The van der Waals surface area contributed by atoms with Crippen molar-refractivity contribution in [3.63, 3.8) is 0 Å². The second-order valence-corrected chi connectivity index (χ2v) is 6.95. The number of halogens is 1. The van der Waals surface area contributed by atoms with Gasteiger partial charge >= 0.3 is 0 Å². The molecule has 0 amide bonds. The highest BCUT2D eigenvalue weighted by atomic mass is 79.9. The summed E-state index contributed by atoms with van der Waals surface area (Å²) in [6, 6.07) is 3.82. The van der Waals surface area contributed by atoms with E-state index in [2.05, 4.69) is 48.2 Å². The zero-order valence-corrected chi connectivity index (χ0v) is 14.8. The summed E-state index contributed by atoms with van der Waals surface area (Å²) >= 11 is 5.01. The average Bonchev–Trinajstić information content (AvgIpc) is 3.22. The molecule has 7 nitrogen and oxygen atoms in total. The summed E-state index contributed by atoms with van der Waals surface area (Å²) in [4.78, 5) is 4.79. The van der Waals surface area contributed by atoms with Crippen LogP contribution in [0.1, 0.15) is 23.7 Å². The van der Waals surface area contributed by atoms with E-state index in [9.17, 15) is 0 Å². The number of hydrogen-bond acceptors (Lipinski definition) is 6. The number of rotatable bonds is 3. The first-order valence-electron chi connectivity index (χ1n) is 6.97. The zero-order chi connectivity index (χ0) is 16.0. The molecule has 0 aliphatic rings. The van der Waals surface area contributed by atoms with Crippen molar-refractivity contribution in [2.45, 2.75) is 19.9 Å². The van der Waals surface area contributed by atoms with Crippen LogP contribution in [0.4, 0.5) is 0 Å². The van der Waals surface area contributed by atoms with Crippen LogP contribution >= 0.6 is 27.3 Å². The molecular weight excluding hydrogens is 378 g/mol. The normalized spacial score (nSPS) is 12.8. The Labute approximate surface area is 144 Å². The predicted octanol–water partition coefficient (Wildman–Crippen LogP) is 3.12. The van der Waals surface area contributed by atoms with Crippen LogP contribution in [-0.4, -0.2) is 34.6 Å². The standard InChI is InChI=1S/C14H12BrN7S/c1-8-11(15)7-21(19-8)9(2)13-20-22-12(17-18-14(22)23-13)10-3-5-16-6-4-10/h3-7,9H,1-2H3. The molecule has 23 heavy (non-hydrogen) atoms. The molecule has 4 heterocycles. The first-order valence-corrected chi connectivity index (χ1v) is 8.58. The van der Waals surface area contributed by atoms with Crippen molar-refractivity contribution in [1.82, 2.24) is 34.6 Å². The van der Waals surface area contributed by atoms with Gasteiger partial charge in [-0.15, -0.1) is 10.2 Å². The van der Waals surface area contributed by atoms with E-state index in [1.807, 2.05) is 29.9 Å². The first-order chi connectivity index (χ1) is 11.1. The van der Waals surface area contributed by atoms with Crippen molar-refractivity contribution >= 4 is 32.2 Å². The highest BCUT2D eigenvalue weighted by Gasteiger charge is 2.19. The maximum atomic E-state index is 4.68. The summed E-state index contributed by atoms with van der Waals surface area (Å²) in [5.41, 5.74) is 1.90. The topological polar surface area (TPSA) is 73.8 Å². The van der Waals surface area contributed by atoms with Gasteiger partial charge in [0.05, 0.1) is 10.2 Å². The van der Waals surface area contributed by atoms with Crippen molar-refractivity contribution < 1.29 is 0 Å². The lowest BCUT2D eigenvalue weighted by molar-refractivity contribution is 0.551. The largest absolute Gasteiger partial charge is 0.265 e. The molecule has 1 unspecified atom stereocenters. The molecule has 116 valence electrons. The van der Waals surface area contributed by atoms with E-state index in [-0.39, 0.29) is 6.04 Å². The Morgan fingerprint density at radius 1 is 1.17 bits per heavy atom. The predicted molar refractivity (Wildman–Crippen MR) is 90.4 cm³/mol. The van der Waals surface area contributed by atoms with Gasteiger partial charge in [0.2, 0.25) is 4.96 Å².